The van der Waals surface area contributed by atoms with Crippen molar-refractivity contribution in [1.29, 1.82) is 0 Å². The lowest BCUT2D eigenvalue weighted by Gasteiger charge is -2.03. The first-order valence-corrected chi connectivity index (χ1v) is 5.23. The normalized spacial score (nSPS) is 10.2. The van der Waals surface area contributed by atoms with Crippen molar-refractivity contribution in [3.05, 3.63) is 58.3 Å². The van der Waals surface area contributed by atoms with Crippen LogP contribution in [0.25, 0.3) is 0 Å². The van der Waals surface area contributed by atoms with Crippen LogP contribution in [-0.2, 0) is 13.6 Å². The van der Waals surface area contributed by atoms with Crippen LogP contribution in [0.1, 0.15) is 15.9 Å². The van der Waals surface area contributed by atoms with E-state index >= 15 is 0 Å². The van der Waals surface area contributed by atoms with Crippen LogP contribution < -0.4 is 10.9 Å². The molecule has 0 aliphatic rings. The van der Waals surface area contributed by atoms with E-state index in [4.69, 9.17) is 0 Å². The first-order chi connectivity index (χ1) is 8.15. The van der Waals surface area contributed by atoms with Crippen molar-refractivity contribution in [2.45, 2.75) is 6.54 Å². The van der Waals surface area contributed by atoms with E-state index in [0.29, 0.717) is 12.1 Å². The SMILES string of the molecule is Cn1ccc(CNC(=O)c2ccc(=O)[nH]c2)c1. The highest BCUT2D eigenvalue weighted by Crippen LogP contribution is 2.00. The molecule has 0 radical (unpaired) electrons. The van der Waals surface area contributed by atoms with Crippen LogP contribution >= 0.6 is 0 Å². The Bertz CT molecular complexity index is 563. The molecule has 0 unspecified atom stereocenters. The zero-order chi connectivity index (χ0) is 12.3. The molecule has 2 aromatic heterocycles. The van der Waals surface area contributed by atoms with Gasteiger partial charge in [-0.1, -0.05) is 0 Å². The summed E-state index contributed by atoms with van der Waals surface area (Å²) in [6.07, 6.45) is 5.26. The number of amides is 1. The molecular formula is C12H13N3O2. The average molecular weight is 231 g/mol. The molecule has 5 heteroatoms. The second-order valence-electron chi connectivity index (χ2n) is 3.81. The van der Waals surface area contributed by atoms with Crippen LogP contribution in [0.3, 0.4) is 0 Å². The van der Waals surface area contributed by atoms with Gasteiger partial charge in [-0.3, -0.25) is 9.59 Å². The van der Waals surface area contributed by atoms with Gasteiger partial charge in [0.15, 0.2) is 0 Å². The first kappa shape index (κ1) is 11.2. The molecule has 1 amide bonds. The lowest BCUT2D eigenvalue weighted by Crippen LogP contribution is -2.23. The van der Waals surface area contributed by atoms with E-state index < -0.39 is 0 Å². The molecule has 0 bridgehead atoms. The summed E-state index contributed by atoms with van der Waals surface area (Å²) >= 11 is 0. The zero-order valence-corrected chi connectivity index (χ0v) is 9.43. The molecule has 5 nitrogen and oxygen atoms in total. The molecule has 0 fully saturated rings. The van der Waals surface area contributed by atoms with Crippen molar-refractivity contribution in [1.82, 2.24) is 14.9 Å². The van der Waals surface area contributed by atoms with E-state index in [9.17, 15) is 9.59 Å². The Balaban J connectivity index is 1.98. The van der Waals surface area contributed by atoms with E-state index in [1.165, 1.54) is 18.3 Å². The highest BCUT2D eigenvalue weighted by molar-refractivity contribution is 5.93. The summed E-state index contributed by atoms with van der Waals surface area (Å²) in [7, 11) is 1.92. The van der Waals surface area contributed by atoms with Gasteiger partial charge in [0.05, 0.1) is 5.56 Å². The third kappa shape index (κ3) is 2.84. The number of aromatic nitrogens is 2. The molecule has 2 N–H and O–H groups in total. The van der Waals surface area contributed by atoms with Crippen LogP contribution in [0.15, 0.2) is 41.6 Å². The van der Waals surface area contributed by atoms with Gasteiger partial charge in [-0.05, 0) is 17.7 Å². The van der Waals surface area contributed by atoms with Gasteiger partial charge in [0.1, 0.15) is 0 Å². The Kier molecular flexibility index (Phi) is 3.09. The van der Waals surface area contributed by atoms with Gasteiger partial charge in [-0.25, -0.2) is 0 Å². The predicted molar refractivity (Wildman–Crippen MR) is 63.6 cm³/mol. The number of H-pyrrole nitrogens is 1. The lowest BCUT2D eigenvalue weighted by atomic mass is 10.2. The molecule has 2 aromatic rings. The number of aromatic amines is 1. The fraction of sp³-hybridized carbons (Fsp3) is 0.167. The Hall–Kier alpha value is -2.30. The highest BCUT2D eigenvalue weighted by Gasteiger charge is 2.05. The minimum Gasteiger partial charge on any atom is -0.357 e. The number of hydrogen-bond acceptors (Lipinski definition) is 2. The summed E-state index contributed by atoms with van der Waals surface area (Å²) < 4.78 is 1.92. The van der Waals surface area contributed by atoms with E-state index in [2.05, 4.69) is 10.3 Å². The number of rotatable bonds is 3. The maximum absolute atomic E-state index is 11.7. The number of carbonyl (C=O) groups is 1. The summed E-state index contributed by atoms with van der Waals surface area (Å²) in [6.45, 7) is 0.471. The van der Waals surface area contributed by atoms with Crippen molar-refractivity contribution in [2.24, 2.45) is 7.05 Å². The molecule has 2 rings (SSSR count). The number of pyridine rings is 1. The standard InChI is InChI=1S/C12H13N3O2/c1-15-5-4-9(8-15)6-14-12(17)10-2-3-11(16)13-7-10/h2-5,7-8H,6H2,1H3,(H,13,16)(H,14,17). The van der Waals surface area contributed by atoms with E-state index in [0.717, 1.165) is 5.56 Å². The summed E-state index contributed by atoms with van der Waals surface area (Å²) in [5.41, 5.74) is 1.26. The summed E-state index contributed by atoms with van der Waals surface area (Å²) in [6, 6.07) is 4.77. The second kappa shape index (κ2) is 4.69. The molecule has 0 saturated carbocycles. The van der Waals surface area contributed by atoms with Gasteiger partial charge in [0.2, 0.25) is 5.56 Å². The van der Waals surface area contributed by atoms with E-state index in [-0.39, 0.29) is 11.5 Å². The van der Waals surface area contributed by atoms with Crippen molar-refractivity contribution in [3.8, 4) is 0 Å². The summed E-state index contributed by atoms with van der Waals surface area (Å²) in [5, 5.41) is 2.77. The van der Waals surface area contributed by atoms with Crippen molar-refractivity contribution in [2.75, 3.05) is 0 Å². The molecule has 0 spiro atoms. The number of carbonyl (C=O) groups excluding carboxylic acids is 1. The molecular weight excluding hydrogens is 218 g/mol. The molecule has 0 aliphatic carbocycles. The fourth-order valence-electron chi connectivity index (χ4n) is 1.50. The van der Waals surface area contributed by atoms with Crippen molar-refractivity contribution >= 4 is 5.91 Å². The molecule has 0 aliphatic heterocycles. The van der Waals surface area contributed by atoms with Gasteiger partial charge in [0, 0.05) is 38.2 Å². The first-order valence-electron chi connectivity index (χ1n) is 5.23. The third-order valence-corrected chi connectivity index (χ3v) is 2.39. The maximum atomic E-state index is 11.7. The summed E-state index contributed by atoms with van der Waals surface area (Å²) in [5.74, 6) is -0.204. The van der Waals surface area contributed by atoms with Crippen molar-refractivity contribution < 1.29 is 4.79 Å². The van der Waals surface area contributed by atoms with Crippen LogP contribution in [-0.4, -0.2) is 15.5 Å². The minimum atomic E-state index is -0.218. The minimum absolute atomic E-state index is 0.204. The average Bonchev–Trinajstić information content (AvgIpc) is 2.73. The van der Waals surface area contributed by atoms with Crippen LogP contribution in [0.2, 0.25) is 0 Å². The second-order valence-corrected chi connectivity index (χ2v) is 3.81. The number of aryl methyl sites for hydroxylation is 1. The van der Waals surface area contributed by atoms with Crippen LogP contribution in [0.5, 0.6) is 0 Å². The van der Waals surface area contributed by atoms with Gasteiger partial charge in [0.25, 0.3) is 5.91 Å². The molecule has 88 valence electrons. The van der Waals surface area contributed by atoms with E-state index in [1.54, 1.807) is 0 Å². The third-order valence-electron chi connectivity index (χ3n) is 2.39. The lowest BCUT2D eigenvalue weighted by molar-refractivity contribution is 0.0950. The van der Waals surface area contributed by atoms with Gasteiger partial charge in [-0.2, -0.15) is 0 Å². The molecule has 0 atom stereocenters. The van der Waals surface area contributed by atoms with Crippen molar-refractivity contribution in [3.63, 3.8) is 0 Å². The monoisotopic (exact) mass is 231 g/mol. The number of nitrogens with zero attached hydrogens (tertiary/aromatic N) is 1. The number of nitrogens with one attached hydrogen (secondary N) is 2. The van der Waals surface area contributed by atoms with Gasteiger partial charge >= 0.3 is 0 Å². The Morgan fingerprint density at radius 2 is 2.24 bits per heavy atom. The largest absolute Gasteiger partial charge is 0.357 e. The maximum Gasteiger partial charge on any atom is 0.253 e. The Labute approximate surface area is 98.1 Å². The molecule has 0 saturated heterocycles. The smallest absolute Gasteiger partial charge is 0.253 e. The van der Waals surface area contributed by atoms with Gasteiger partial charge in [-0.15, -0.1) is 0 Å². The summed E-state index contributed by atoms with van der Waals surface area (Å²) in [4.78, 5) is 25.0. The topological polar surface area (TPSA) is 66.9 Å². The Morgan fingerprint density at radius 3 is 2.82 bits per heavy atom. The van der Waals surface area contributed by atoms with Gasteiger partial charge < -0.3 is 14.9 Å². The molecule has 17 heavy (non-hydrogen) atoms. The molecule has 0 aromatic carbocycles. The fourth-order valence-corrected chi connectivity index (χ4v) is 1.50. The van der Waals surface area contributed by atoms with E-state index in [1.807, 2.05) is 30.1 Å². The predicted octanol–water partition coefficient (Wildman–Crippen LogP) is 0.643. The van der Waals surface area contributed by atoms with Crippen LogP contribution in [0.4, 0.5) is 0 Å². The zero-order valence-electron chi connectivity index (χ0n) is 9.43. The quantitative estimate of drug-likeness (QED) is 0.814. The van der Waals surface area contributed by atoms with Crippen LogP contribution in [0, 0.1) is 0 Å². The Morgan fingerprint density at radius 1 is 1.41 bits per heavy atom. The number of hydrogen-bond donors (Lipinski definition) is 2. The molecule has 2 heterocycles. The highest BCUT2D eigenvalue weighted by atomic mass is 16.1.